The number of methoxy groups -OCH3 is 2. The molecule has 0 spiro atoms. The Morgan fingerprint density at radius 2 is 1.66 bits per heavy atom. The highest BCUT2D eigenvalue weighted by atomic mass is 16.5. The topological polar surface area (TPSA) is 187 Å². The van der Waals surface area contributed by atoms with Crippen LogP contribution in [0.2, 0.25) is 0 Å². The van der Waals surface area contributed by atoms with E-state index in [-0.39, 0.29) is 67.9 Å². The van der Waals surface area contributed by atoms with Crippen LogP contribution in [0.25, 0.3) is 0 Å². The Hall–Kier alpha value is -4.85. The number of amides is 4. The predicted octanol–water partition coefficient (Wildman–Crippen LogP) is 0.657. The lowest BCUT2D eigenvalue weighted by Crippen LogP contribution is -2.43. The number of nitrogens with one attached hydrogen (secondary N) is 1. The standard InChI is InChI=1S/C30H34N4O10/c1-15-7-25(23(41-2)10-18(15)29(39)33-13-16(35)8-21(33)27(31)37)43-5-4-6-44-26-12-20-19(11-24(26)42-3)30(40)34-14-17(36)9-22(34)28(38)32-20/h7,10-12,17,21-22,36H,4-6,8-9,13-14H2,1-3H3,(H2,31,37)(H,32,38)/t17-,21+,22+/m1/s1. The number of rotatable bonds is 10. The number of fused-ring (bicyclic) bond motifs is 2. The average Bonchev–Trinajstić information content (AvgIpc) is 3.57. The van der Waals surface area contributed by atoms with E-state index in [4.69, 9.17) is 24.7 Å². The molecule has 0 aliphatic carbocycles. The lowest BCUT2D eigenvalue weighted by atomic mass is 10.1. The van der Waals surface area contributed by atoms with E-state index < -0.39 is 30.0 Å². The molecule has 234 valence electrons. The van der Waals surface area contributed by atoms with Crippen LogP contribution in [-0.2, 0) is 14.4 Å². The monoisotopic (exact) mass is 610 g/mol. The van der Waals surface area contributed by atoms with E-state index in [1.807, 2.05) is 0 Å². The Labute approximate surface area is 253 Å². The summed E-state index contributed by atoms with van der Waals surface area (Å²) in [6, 6.07) is 4.47. The summed E-state index contributed by atoms with van der Waals surface area (Å²) in [5, 5.41) is 12.7. The maximum Gasteiger partial charge on any atom is 0.256 e. The van der Waals surface area contributed by atoms with Crippen molar-refractivity contribution in [3.8, 4) is 23.0 Å². The Bertz CT molecular complexity index is 1530. The van der Waals surface area contributed by atoms with Gasteiger partial charge in [-0.15, -0.1) is 0 Å². The van der Waals surface area contributed by atoms with Crippen molar-refractivity contribution in [3.05, 3.63) is 41.0 Å². The summed E-state index contributed by atoms with van der Waals surface area (Å²) < 4.78 is 22.7. The molecule has 0 saturated carbocycles. The van der Waals surface area contributed by atoms with Crippen LogP contribution in [0.5, 0.6) is 23.0 Å². The van der Waals surface area contributed by atoms with Crippen molar-refractivity contribution < 1.29 is 48.0 Å². The molecule has 3 aliphatic heterocycles. The Balaban J connectivity index is 1.22. The molecular weight excluding hydrogens is 576 g/mol. The summed E-state index contributed by atoms with van der Waals surface area (Å²) in [6.45, 7) is 2.02. The molecule has 14 heteroatoms. The first-order valence-corrected chi connectivity index (χ1v) is 14.1. The van der Waals surface area contributed by atoms with Gasteiger partial charge in [0, 0.05) is 37.4 Å². The summed E-state index contributed by atoms with van der Waals surface area (Å²) in [4.78, 5) is 65.3. The maximum atomic E-state index is 13.2. The number of aliphatic hydroxyl groups is 1. The first-order valence-electron chi connectivity index (χ1n) is 14.1. The number of benzene rings is 2. The summed E-state index contributed by atoms with van der Waals surface area (Å²) >= 11 is 0. The van der Waals surface area contributed by atoms with Gasteiger partial charge in [-0.3, -0.25) is 24.0 Å². The van der Waals surface area contributed by atoms with Crippen molar-refractivity contribution in [3.63, 3.8) is 0 Å². The third-order valence-corrected chi connectivity index (χ3v) is 7.91. The van der Waals surface area contributed by atoms with Crippen LogP contribution in [-0.4, -0.2) is 103 Å². The first kappa shape index (κ1) is 30.6. The normalized spacial score (nSPS) is 20.9. The van der Waals surface area contributed by atoms with E-state index in [2.05, 4.69) is 5.32 Å². The summed E-state index contributed by atoms with van der Waals surface area (Å²) in [5.41, 5.74) is 6.76. The van der Waals surface area contributed by atoms with Gasteiger partial charge in [-0.05, 0) is 30.7 Å². The van der Waals surface area contributed by atoms with Crippen LogP contribution in [0.4, 0.5) is 5.69 Å². The number of primary amides is 1. The molecule has 4 amide bonds. The zero-order valence-electron chi connectivity index (χ0n) is 24.6. The van der Waals surface area contributed by atoms with Crippen molar-refractivity contribution in [1.29, 1.82) is 0 Å². The summed E-state index contributed by atoms with van der Waals surface area (Å²) in [5.74, 6) is -0.916. The van der Waals surface area contributed by atoms with E-state index in [1.165, 1.54) is 36.2 Å². The van der Waals surface area contributed by atoms with E-state index in [9.17, 15) is 29.1 Å². The van der Waals surface area contributed by atoms with Crippen molar-refractivity contribution >= 4 is 35.1 Å². The van der Waals surface area contributed by atoms with Crippen LogP contribution in [0.15, 0.2) is 24.3 Å². The third kappa shape index (κ3) is 5.84. The largest absolute Gasteiger partial charge is 0.493 e. The molecule has 5 rings (SSSR count). The molecule has 2 saturated heterocycles. The zero-order chi connectivity index (χ0) is 31.7. The van der Waals surface area contributed by atoms with Gasteiger partial charge in [-0.1, -0.05) is 0 Å². The zero-order valence-corrected chi connectivity index (χ0v) is 24.6. The molecule has 4 N–H and O–H groups in total. The fourth-order valence-electron chi connectivity index (χ4n) is 5.67. The van der Waals surface area contributed by atoms with E-state index >= 15 is 0 Å². The number of nitrogens with two attached hydrogens (primary N) is 1. The van der Waals surface area contributed by atoms with Gasteiger partial charge in [0.2, 0.25) is 11.8 Å². The van der Waals surface area contributed by atoms with Gasteiger partial charge in [0.05, 0.1) is 51.3 Å². The number of likely N-dealkylation sites (tertiary alicyclic amines) is 1. The Morgan fingerprint density at radius 1 is 1.00 bits per heavy atom. The molecule has 3 aliphatic rings. The molecule has 44 heavy (non-hydrogen) atoms. The van der Waals surface area contributed by atoms with Gasteiger partial charge >= 0.3 is 0 Å². The molecule has 2 aromatic carbocycles. The van der Waals surface area contributed by atoms with Gasteiger partial charge in [-0.2, -0.15) is 0 Å². The Morgan fingerprint density at radius 3 is 2.32 bits per heavy atom. The quantitative estimate of drug-likeness (QED) is 0.323. The van der Waals surface area contributed by atoms with Gasteiger partial charge in [0.1, 0.15) is 12.1 Å². The molecular formula is C30H34N4O10. The van der Waals surface area contributed by atoms with E-state index in [0.717, 1.165) is 0 Å². The summed E-state index contributed by atoms with van der Waals surface area (Å²) in [7, 11) is 2.87. The van der Waals surface area contributed by atoms with Crippen LogP contribution in [0.1, 0.15) is 45.5 Å². The van der Waals surface area contributed by atoms with Gasteiger partial charge in [-0.25, -0.2) is 0 Å². The minimum Gasteiger partial charge on any atom is -0.493 e. The first-order chi connectivity index (χ1) is 21.0. The number of ether oxygens (including phenoxy) is 4. The number of hydrogen-bond donors (Lipinski definition) is 3. The van der Waals surface area contributed by atoms with Gasteiger partial charge in [0.15, 0.2) is 28.8 Å². The minimum atomic E-state index is -0.988. The van der Waals surface area contributed by atoms with Crippen LogP contribution in [0, 0.1) is 6.92 Å². The minimum absolute atomic E-state index is 0.0789. The van der Waals surface area contributed by atoms with Crippen molar-refractivity contribution in [2.45, 2.75) is 44.4 Å². The molecule has 0 bridgehead atoms. The second-order valence-corrected chi connectivity index (χ2v) is 10.9. The number of carbonyl (C=O) groups excluding carboxylic acids is 5. The third-order valence-electron chi connectivity index (χ3n) is 7.91. The number of anilines is 1. The van der Waals surface area contributed by atoms with Crippen LogP contribution < -0.4 is 30.0 Å². The lowest BCUT2D eigenvalue weighted by Gasteiger charge is -2.23. The molecule has 0 unspecified atom stereocenters. The molecule has 2 fully saturated rings. The van der Waals surface area contributed by atoms with E-state index in [0.29, 0.717) is 40.7 Å². The number of nitrogens with zero attached hydrogens (tertiary/aromatic N) is 2. The molecule has 3 atom stereocenters. The second kappa shape index (κ2) is 12.4. The highest BCUT2D eigenvalue weighted by Crippen LogP contribution is 2.38. The molecule has 2 aromatic rings. The predicted molar refractivity (Wildman–Crippen MR) is 154 cm³/mol. The van der Waals surface area contributed by atoms with Crippen molar-refractivity contribution in [2.75, 3.05) is 45.8 Å². The number of ketones is 1. The second-order valence-electron chi connectivity index (χ2n) is 10.9. The number of carbonyl (C=O) groups is 5. The Kier molecular flexibility index (Phi) is 8.63. The van der Waals surface area contributed by atoms with Crippen LogP contribution in [0.3, 0.4) is 0 Å². The van der Waals surface area contributed by atoms with Gasteiger partial charge in [0.25, 0.3) is 11.8 Å². The number of Topliss-reactive ketones (excluding diaryl/α,β-unsaturated/α-hetero) is 1. The average molecular weight is 611 g/mol. The molecule has 14 nitrogen and oxygen atoms in total. The molecule has 0 radical (unpaired) electrons. The van der Waals surface area contributed by atoms with E-state index in [1.54, 1.807) is 19.1 Å². The highest BCUT2D eigenvalue weighted by Gasteiger charge is 2.43. The maximum absolute atomic E-state index is 13.2. The fourth-order valence-corrected chi connectivity index (χ4v) is 5.67. The highest BCUT2D eigenvalue weighted by molar-refractivity contribution is 6.11. The SMILES string of the molecule is COc1cc(C(=O)N2CC(=O)C[C@H]2C(N)=O)c(C)cc1OCCCOc1cc2c(cc1OC)C(=O)N1C[C@H](O)C[C@H]1C(=O)N2. The molecule has 3 heterocycles. The summed E-state index contributed by atoms with van der Waals surface area (Å²) in [6.07, 6.45) is -0.261. The van der Waals surface area contributed by atoms with Gasteiger partial charge < -0.3 is 44.9 Å². The van der Waals surface area contributed by atoms with Crippen LogP contribution >= 0.6 is 0 Å². The number of aliphatic hydroxyl groups excluding tert-OH is 1. The smallest absolute Gasteiger partial charge is 0.256 e. The fraction of sp³-hybridized carbons (Fsp3) is 0.433. The number of hydrogen-bond acceptors (Lipinski definition) is 10. The van der Waals surface area contributed by atoms with Crippen molar-refractivity contribution in [2.24, 2.45) is 5.73 Å². The lowest BCUT2D eigenvalue weighted by molar-refractivity contribution is -0.122. The molecule has 0 aromatic heterocycles. The number of aryl methyl sites for hydroxylation is 1. The van der Waals surface area contributed by atoms with Crippen molar-refractivity contribution in [1.82, 2.24) is 9.80 Å².